The summed E-state index contributed by atoms with van der Waals surface area (Å²) in [5.74, 6) is 0.0745. The first-order valence-corrected chi connectivity index (χ1v) is 5.07. The van der Waals surface area contributed by atoms with Crippen LogP contribution in [0, 0.1) is 6.92 Å². The number of nitrogens with zero attached hydrogens (tertiary/aromatic N) is 2. The molecule has 0 unspecified atom stereocenters. The van der Waals surface area contributed by atoms with Crippen LogP contribution < -0.4 is 0 Å². The highest BCUT2D eigenvalue weighted by atomic mass is 16.1. The van der Waals surface area contributed by atoms with E-state index in [4.69, 9.17) is 0 Å². The number of rotatable bonds is 2. The number of aromatic nitrogens is 2. The molecule has 3 heteroatoms. The summed E-state index contributed by atoms with van der Waals surface area (Å²) in [6.45, 7) is 3.49. The Morgan fingerprint density at radius 1 is 1.12 bits per heavy atom. The van der Waals surface area contributed by atoms with Gasteiger partial charge in [0, 0.05) is 16.8 Å². The van der Waals surface area contributed by atoms with E-state index in [0.717, 1.165) is 22.5 Å². The van der Waals surface area contributed by atoms with Gasteiger partial charge in [0.25, 0.3) is 0 Å². The molecule has 0 radical (unpaired) electrons. The number of carbonyl (C=O) groups excluding carboxylic acids is 1. The highest BCUT2D eigenvalue weighted by Crippen LogP contribution is 2.17. The Hall–Kier alpha value is -2.03. The molecule has 2 rings (SSSR count). The zero-order chi connectivity index (χ0) is 11.5. The largest absolute Gasteiger partial charge is 0.295 e. The summed E-state index contributed by atoms with van der Waals surface area (Å²) in [7, 11) is 0. The van der Waals surface area contributed by atoms with E-state index in [-0.39, 0.29) is 5.78 Å². The SMILES string of the molecule is CC(=O)c1ccc(-c2cc(C)ncn2)cc1. The molecule has 0 fully saturated rings. The first-order valence-electron chi connectivity index (χ1n) is 5.07. The molecule has 3 nitrogen and oxygen atoms in total. The normalized spacial score (nSPS) is 10.1. The number of hydrogen-bond donors (Lipinski definition) is 0. The van der Waals surface area contributed by atoms with Gasteiger partial charge in [-0.05, 0) is 19.9 Å². The summed E-state index contributed by atoms with van der Waals surface area (Å²) in [5.41, 5.74) is 3.52. The number of aryl methyl sites for hydroxylation is 1. The lowest BCUT2D eigenvalue weighted by Crippen LogP contribution is -1.92. The fourth-order valence-electron chi connectivity index (χ4n) is 1.49. The minimum absolute atomic E-state index is 0.0745. The van der Waals surface area contributed by atoms with Crippen LogP contribution in [0.1, 0.15) is 23.0 Å². The second-order valence-corrected chi connectivity index (χ2v) is 3.68. The molecule has 2 aromatic rings. The van der Waals surface area contributed by atoms with Gasteiger partial charge in [0.1, 0.15) is 6.33 Å². The maximum absolute atomic E-state index is 11.1. The second-order valence-electron chi connectivity index (χ2n) is 3.68. The first-order chi connectivity index (χ1) is 7.66. The van der Waals surface area contributed by atoms with Crippen LogP contribution in [-0.2, 0) is 0 Å². The van der Waals surface area contributed by atoms with Gasteiger partial charge in [-0.2, -0.15) is 0 Å². The molecule has 0 aliphatic carbocycles. The number of carbonyl (C=O) groups is 1. The van der Waals surface area contributed by atoms with Crippen molar-refractivity contribution in [3.63, 3.8) is 0 Å². The summed E-state index contributed by atoms with van der Waals surface area (Å²) >= 11 is 0. The van der Waals surface area contributed by atoms with Gasteiger partial charge in [0.15, 0.2) is 5.78 Å². The third-order valence-corrected chi connectivity index (χ3v) is 2.39. The van der Waals surface area contributed by atoms with Crippen molar-refractivity contribution in [1.82, 2.24) is 9.97 Å². The Bertz CT molecular complexity index is 518. The monoisotopic (exact) mass is 212 g/mol. The fourth-order valence-corrected chi connectivity index (χ4v) is 1.49. The maximum Gasteiger partial charge on any atom is 0.159 e. The predicted molar refractivity (Wildman–Crippen MR) is 62.2 cm³/mol. The van der Waals surface area contributed by atoms with Gasteiger partial charge < -0.3 is 0 Å². The molecular formula is C13H12N2O. The van der Waals surface area contributed by atoms with Gasteiger partial charge in [-0.3, -0.25) is 4.79 Å². The average Bonchev–Trinajstić information content (AvgIpc) is 2.29. The van der Waals surface area contributed by atoms with Crippen LogP contribution in [0.2, 0.25) is 0 Å². The molecule has 0 amide bonds. The van der Waals surface area contributed by atoms with E-state index in [9.17, 15) is 4.79 Å². The molecule has 0 saturated carbocycles. The predicted octanol–water partition coefficient (Wildman–Crippen LogP) is 2.65. The van der Waals surface area contributed by atoms with Crippen molar-refractivity contribution in [3.8, 4) is 11.3 Å². The molecule has 0 N–H and O–H groups in total. The Labute approximate surface area is 94.2 Å². The lowest BCUT2D eigenvalue weighted by molar-refractivity contribution is 0.101. The Morgan fingerprint density at radius 3 is 2.38 bits per heavy atom. The first kappa shape index (κ1) is 10.5. The highest BCUT2D eigenvalue weighted by Gasteiger charge is 2.02. The lowest BCUT2D eigenvalue weighted by Gasteiger charge is -2.02. The lowest BCUT2D eigenvalue weighted by atomic mass is 10.1. The van der Waals surface area contributed by atoms with Gasteiger partial charge in [-0.15, -0.1) is 0 Å². The van der Waals surface area contributed by atoms with E-state index in [2.05, 4.69) is 9.97 Å². The molecule has 0 saturated heterocycles. The van der Waals surface area contributed by atoms with Crippen molar-refractivity contribution >= 4 is 5.78 Å². The smallest absolute Gasteiger partial charge is 0.159 e. The molecular weight excluding hydrogens is 200 g/mol. The van der Waals surface area contributed by atoms with E-state index in [1.165, 1.54) is 0 Å². The zero-order valence-electron chi connectivity index (χ0n) is 9.27. The molecule has 0 bridgehead atoms. The van der Waals surface area contributed by atoms with E-state index >= 15 is 0 Å². The molecule has 1 aromatic heterocycles. The van der Waals surface area contributed by atoms with E-state index in [1.807, 2.05) is 37.3 Å². The van der Waals surface area contributed by atoms with E-state index in [1.54, 1.807) is 13.3 Å². The van der Waals surface area contributed by atoms with Crippen molar-refractivity contribution in [1.29, 1.82) is 0 Å². The highest BCUT2D eigenvalue weighted by molar-refractivity contribution is 5.94. The molecule has 0 aliphatic heterocycles. The van der Waals surface area contributed by atoms with Crippen LogP contribution in [0.3, 0.4) is 0 Å². The maximum atomic E-state index is 11.1. The van der Waals surface area contributed by atoms with Crippen molar-refractivity contribution in [2.45, 2.75) is 13.8 Å². The Balaban J connectivity index is 2.38. The van der Waals surface area contributed by atoms with Crippen molar-refractivity contribution in [2.75, 3.05) is 0 Å². The molecule has 80 valence electrons. The van der Waals surface area contributed by atoms with Crippen LogP contribution >= 0.6 is 0 Å². The Kier molecular flexibility index (Phi) is 2.77. The van der Waals surface area contributed by atoms with E-state index in [0.29, 0.717) is 0 Å². The van der Waals surface area contributed by atoms with Crippen molar-refractivity contribution in [3.05, 3.63) is 47.9 Å². The van der Waals surface area contributed by atoms with Gasteiger partial charge >= 0.3 is 0 Å². The number of hydrogen-bond acceptors (Lipinski definition) is 3. The summed E-state index contributed by atoms with van der Waals surface area (Å²) in [5, 5.41) is 0. The number of ketones is 1. The Morgan fingerprint density at radius 2 is 1.81 bits per heavy atom. The van der Waals surface area contributed by atoms with Crippen LogP contribution in [0.25, 0.3) is 11.3 Å². The zero-order valence-corrected chi connectivity index (χ0v) is 9.27. The topological polar surface area (TPSA) is 42.9 Å². The van der Waals surface area contributed by atoms with Gasteiger partial charge in [-0.25, -0.2) is 9.97 Å². The standard InChI is InChI=1S/C13H12N2O/c1-9-7-13(15-8-14-9)12-5-3-11(4-6-12)10(2)16/h3-8H,1-2H3. The third kappa shape index (κ3) is 2.14. The molecule has 1 heterocycles. The summed E-state index contributed by atoms with van der Waals surface area (Å²) in [6, 6.07) is 9.35. The molecule has 0 spiro atoms. The molecule has 0 atom stereocenters. The summed E-state index contributed by atoms with van der Waals surface area (Å²) < 4.78 is 0. The van der Waals surface area contributed by atoms with Crippen LogP contribution in [-0.4, -0.2) is 15.8 Å². The number of Topliss-reactive ketones (excluding diaryl/α,β-unsaturated/α-hetero) is 1. The molecule has 0 aliphatic rings. The quantitative estimate of drug-likeness (QED) is 0.719. The average molecular weight is 212 g/mol. The fraction of sp³-hybridized carbons (Fsp3) is 0.154. The molecule has 16 heavy (non-hydrogen) atoms. The van der Waals surface area contributed by atoms with Crippen molar-refractivity contribution < 1.29 is 4.79 Å². The van der Waals surface area contributed by atoms with Gasteiger partial charge in [0.05, 0.1) is 5.69 Å². The summed E-state index contributed by atoms with van der Waals surface area (Å²) in [4.78, 5) is 19.4. The van der Waals surface area contributed by atoms with E-state index < -0.39 is 0 Å². The van der Waals surface area contributed by atoms with Crippen LogP contribution in [0.5, 0.6) is 0 Å². The second kappa shape index (κ2) is 4.23. The van der Waals surface area contributed by atoms with Gasteiger partial charge in [0.2, 0.25) is 0 Å². The van der Waals surface area contributed by atoms with Gasteiger partial charge in [-0.1, -0.05) is 24.3 Å². The number of benzene rings is 1. The third-order valence-electron chi connectivity index (χ3n) is 2.39. The summed E-state index contributed by atoms with van der Waals surface area (Å²) in [6.07, 6.45) is 1.55. The minimum atomic E-state index is 0.0745. The van der Waals surface area contributed by atoms with Crippen molar-refractivity contribution in [2.24, 2.45) is 0 Å². The molecule has 1 aromatic carbocycles. The minimum Gasteiger partial charge on any atom is -0.295 e. The van der Waals surface area contributed by atoms with Crippen LogP contribution in [0.4, 0.5) is 0 Å². The van der Waals surface area contributed by atoms with Crippen LogP contribution in [0.15, 0.2) is 36.7 Å².